The molecule has 0 aliphatic carbocycles. The fraction of sp³-hybridized carbons (Fsp3) is 0.119. The summed E-state index contributed by atoms with van der Waals surface area (Å²) in [6, 6.07) is 37.0. The molecule has 0 bridgehead atoms. The minimum absolute atomic E-state index is 0.685. The van der Waals surface area contributed by atoms with Gasteiger partial charge in [0.1, 0.15) is 0 Å². The molecule has 3 heterocycles. The second-order valence-electron chi connectivity index (χ2n) is 10.8. The van der Waals surface area contributed by atoms with E-state index in [4.69, 9.17) is 5.26 Å². The number of benzene rings is 5. The number of aromatic nitrogens is 3. The van der Waals surface area contributed by atoms with E-state index in [1.54, 1.807) is 18.7 Å². The predicted molar refractivity (Wildman–Crippen MR) is 205 cm³/mol. The zero-order chi connectivity index (χ0) is 32.9. The van der Waals surface area contributed by atoms with Crippen molar-refractivity contribution in [3.63, 3.8) is 0 Å². The SMILES string of the molecule is C#CC.C/C=C(C#N)\C=C/CSc1ccc(-n2c3ccccc3c3c4[nH]c5ccccc5c4c4[nH]c5ccccc5c4c32)cc1.CC. The van der Waals surface area contributed by atoms with Gasteiger partial charge in [-0.2, -0.15) is 5.26 Å². The first-order valence-electron chi connectivity index (χ1n) is 15.9. The van der Waals surface area contributed by atoms with Gasteiger partial charge in [0, 0.05) is 65.3 Å². The highest BCUT2D eigenvalue weighted by Gasteiger charge is 2.23. The smallest absolute Gasteiger partial charge is 0.0987 e. The first-order valence-corrected chi connectivity index (χ1v) is 16.9. The summed E-state index contributed by atoms with van der Waals surface area (Å²) in [7, 11) is 0. The number of rotatable bonds is 5. The molecule has 8 rings (SSSR count). The van der Waals surface area contributed by atoms with E-state index in [9.17, 15) is 0 Å². The normalized spacial score (nSPS) is 11.6. The fourth-order valence-corrected chi connectivity index (χ4v) is 7.08. The molecule has 4 nitrogen and oxygen atoms in total. The van der Waals surface area contributed by atoms with Crippen LogP contribution in [0.2, 0.25) is 0 Å². The van der Waals surface area contributed by atoms with Crippen molar-refractivity contribution in [3.05, 3.63) is 121 Å². The van der Waals surface area contributed by atoms with Crippen LogP contribution in [0, 0.1) is 23.7 Å². The molecule has 5 heteroatoms. The number of terminal acetylenes is 1. The van der Waals surface area contributed by atoms with E-state index in [1.165, 1.54) is 48.2 Å². The molecule has 8 aromatic rings. The number of thioether (sulfide) groups is 1. The largest absolute Gasteiger partial charge is 0.354 e. The zero-order valence-corrected chi connectivity index (χ0v) is 27.9. The molecule has 0 radical (unpaired) electrons. The van der Waals surface area contributed by atoms with Crippen molar-refractivity contribution in [2.45, 2.75) is 32.6 Å². The third kappa shape index (κ3) is 5.46. The van der Waals surface area contributed by atoms with Gasteiger partial charge >= 0.3 is 0 Å². The monoisotopic (exact) mass is 628 g/mol. The third-order valence-corrected chi connectivity index (χ3v) is 9.17. The molecule has 0 spiro atoms. The average Bonchev–Trinajstić information content (AvgIpc) is 3.79. The lowest BCUT2D eigenvalue weighted by Gasteiger charge is -2.10. The van der Waals surface area contributed by atoms with Crippen molar-refractivity contribution >= 4 is 77.2 Å². The second kappa shape index (κ2) is 13.8. The van der Waals surface area contributed by atoms with Gasteiger partial charge in [-0.3, -0.25) is 0 Å². The van der Waals surface area contributed by atoms with Crippen LogP contribution in [0.25, 0.3) is 71.1 Å². The van der Waals surface area contributed by atoms with E-state index < -0.39 is 0 Å². The summed E-state index contributed by atoms with van der Waals surface area (Å²) in [5.74, 6) is 3.06. The van der Waals surface area contributed by atoms with E-state index in [2.05, 4.69) is 130 Å². The molecule has 0 saturated heterocycles. The van der Waals surface area contributed by atoms with Crippen molar-refractivity contribution in [1.82, 2.24) is 14.5 Å². The molecule has 0 unspecified atom stereocenters. The molecule has 47 heavy (non-hydrogen) atoms. The number of nitrogens with one attached hydrogen (secondary N) is 2. The van der Waals surface area contributed by atoms with E-state index in [0.29, 0.717) is 5.57 Å². The lowest BCUT2D eigenvalue weighted by atomic mass is 10.0. The highest BCUT2D eigenvalue weighted by molar-refractivity contribution is 7.99. The minimum atomic E-state index is 0.685. The lowest BCUT2D eigenvalue weighted by molar-refractivity contribution is 1.18. The van der Waals surface area contributed by atoms with Crippen molar-refractivity contribution in [3.8, 4) is 24.1 Å². The average molecular weight is 629 g/mol. The second-order valence-corrected chi connectivity index (χ2v) is 11.9. The van der Waals surface area contributed by atoms with Gasteiger partial charge in [-0.05, 0) is 62.4 Å². The molecule has 3 aromatic heterocycles. The Balaban J connectivity index is 0.000000733. The van der Waals surface area contributed by atoms with Gasteiger partial charge < -0.3 is 14.5 Å². The van der Waals surface area contributed by atoms with Crippen LogP contribution in [0.3, 0.4) is 0 Å². The van der Waals surface area contributed by atoms with Crippen LogP contribution in [0.4, 0.5) is 0 Å². The number of hydrogen-bond acceptors (Lipinski definition) is 2. The minimum Gasteiger partial charge on any atom is -0.354 e. The predicted octanol–water partition coefficient (Wildman–Crippen LogP) is 11.8. The van der Waals surface area contributed by atoms with Crippen molar-refractivity contribution < 1.29 is 0 Å². The Hall–Kier alpha value is -5.62. The number of aromatic amines is 2. The summed E-state index contributed by atoms with van der Waals surface area (Å²) in [6.07, 6.45) is 10.4. The van der Waals surface area contributed by atoms with Crippen LogP contribution < -0.4 is 0 Å². The quantitative estimate of drug-likeness (QED) is 0.0862. The molecule has 0 amide bonds. The molecule has 0 aliphatic heterocycles. The van der Waals surface area contributed by atoms with Gasteiger partial charge in [0.05, 0.1) is 28.1 Å². The Morgan fingerprint density at radius 1 is 0.787 bits per heavy atom. The van der Waals surface area contributed by atoms with Crippen LogP contribution in [-0.2, 0) is 0 Å². The number of fused-ring (bicyclic) bond motifs is 12. The summed E-state index contributed by atoms with van der Waals surface area (Å²) in [6.45, 7) is 7.54. The Morgan fingerprint density at radius 2 is 1.32 bits per heavy atom. The molecular weight excluding hydrogens is 593 g/mol. The number of nitriles is 1. The van der Waals surface area contributed by atoms with Gasteiger partial charge in [-0.1, -0.05) is 80.6 Å². The Labute approximate surface area is 279 Å². The highest BCUT2D eigenvalue weighted by atomic mass is 32.2. The van der Waals surface area contributed by atoms with E-state index >= 15 is 0 Å². The third-order valence-electron chi connectivity index (χ3n) is 8.20. The summed E-state index contributed by atoms with van der Waals surface area (Å²) in [5.41, 5.74) is 8.82. The Kier molecular flexibility index (Phi) is 9.20. The molecule has 0 fully saturated rings. The number of H-pyrrole nitrogens is 2. The van der Waals surface area contributed by atoms with E-state index in [-0.39, 0.29) is 0 Å². The van der Waals surface area contributed by atoms with Gasteiger partial charge in [0.25, 0.3) is 0 Å². The topological polar surface area (TPSA) is 60.3 Å². The van der Waals surface area contributed by atoms with E-state index in [0.717, 1.165) is 33.5 Å². The maximum atomic E-state index is 9.14. The molecule has 0 saturated carbocycles. The van der Waals surface area contributed by atoms with Crippen molar-refractivity contribution in [1.29, 1.82) is 5.26 Å². The standard InChI is InChI=1S/C37H26N4S.C3H4.C2H6/c1-2-23(22-38)10-9-21-42-25-19-17-24(18-20-25)41-31-16-8-5-13-28(31)34-36-32(26-11-3-6-14-29(26)39-36)35-33(37(34)41)27-12-4-7-15-30(27)40-35;1-3-2;1-2/h2-20,39-40H,21H2,1H3;1H,2H3;1-2H3/b10-9-,23-2+;;. The summed E-state index contributed by atoms with van der Waals surface area (Å²) in [4.78, 5) is 8.80. The highest BCUT2D eigenvalue weighted by Crippen LogP contribution is 2.46. The van der Waals surface area contributed by atoms with Gasteiger partial charge in [0.2, 0.25) is 0 Å². The lowest BCUT2D eigenvalue weighted by Crippen LogP contribution is -1.94. The maximum absolute atomic E-state index is 9.14. The molecule has 5 aromatic carbocycles. The summed E-state index contributed by atoms with van der Waals surface area (Å²) >= 11 is 1.76. The number of allylic oxidation sites excluding steroid dienone is 3. The molecule has 230 valence electrons. The van der Waals surface area contributed by atoms with Crippen molar-refractivity contribution in [2.24, 2.45) is 0 Å². The van der Waals surface area contributed by atoms with Gasteiger partial charge in [-0.25, -0.2) is 0 Å². The first kappa shape index (κ1) is 31.4. The van der Waals surface area contributed by atoms with Gasteiger partial charge in [0.15, 0.2) is 0 Å². The molecule has 2 N–H and O–H groups in total. The maximum Gasteiger partial charge on any atom is 0.0987 e. The first-order chi connectivity index (χ1) is 23.2. The van der Waals surface area contributed by atoms with Gasteiger partial charge in [-0.15, -0.1) is 24.1 Å². The Morgan fingerprint density at radius 3 is 1.91 bits per heavy atom. The fourth-order valence-electron chi connectivity index (χ4n) is 6.37. The van der Waals surface area contributed by atoms with Crippen LogP contribution in [0.1, 0.15) is 27.7 Å². The van der Waals surface area contributed by atoms with Crippen molar-refractivity contribution in [2.75, 3.05) is 5.75 Å². The number of hydrogen-bond donors (Lipinski definition) is 2. The van der Waals surface area contributed by atoms with Crippen LogP contribution in [-0.4, -0.2) is 20.3 Å². The van der Waals surface area contributed by atoms with Crippen LogP contribution in [0.15, 0.2) is 126 Å². The van der Waals surface area contributed by atoms with Crippen LogP contribution in [0.5, 0.6) is 0 Å². The number of nitrogens with zero attached hydrogens (tertiary/aromatic N) is 2. The van der Waals surface area contributed by atoms with Crippen LogP contribution >= 0.6 is 11.8 Å². The zero-order valence-electron chi connectivity index (χ0n) is 27.1. The van der Waals surface area contributed by atoms with E-state index in [1.807, 2.05) is 39.0 Å². The molecular formula is C42H36N4S. The number of para-hydroxylation sites is 3. The molecule has 0 atom stereocenters. The summed E-state index contributed by atoms with van der Waals surface area (Å²) in [5, 5.41) is 16.6. The summed E-state index contributed by atoms with van der Waals surface area (Å²) < 4.78 is 2.43. The Bertz CT molecular complexity index is 2490. The molecule has 0 aliphatic rings.